The Morgan fingerprint density at radius 3 is 2.67 bits per heavy atom. The van der Waals surface area contributed by atoms with E-state index >= 15 is 0 Å². The van der Waals surface area contributed by atoms with E-state index in [1.54, 1.807) is 19.1 Å². The van der Waals surface area contributed by atoms with Crippen LogP contribution in [0.2, 0.25) is 5.02 Å². The highest BCUT2D eigenvalue weighted by Gasteiger charge is 2.08. The van der Waals surface area contributed by atoms with Gasteiger partial charge in [-0.3, -0.25) is 0 Å². The van der Waals surface area contributed by atoms with Crippen LogP contribution in [0.1, 0.15) is 24.1 Å². The van der Waals surface area contributed by atoms with Crippen LogP contribution in [-0.4, -0.2) is 5.11 Å². The van der Waals surface area contributed by atoms with E-state index in [-0.39, 0.29) is 11.9 Å². The van der Waals surface area contributed by atoms with E-state index in [0.717, 1.165) is 5.56 Å². The SMILES string of the molecule is Cc1ccc(NC(=S)N[C@H](C)c2cccc(Cl)c2)cc1F. The zero-order valence-electron chi connectivity index (χ0n) is 11.8. The topological polar surface area (TPSA) is 24.1 Å². The lowest BCUT2D eigenvalue weighted by atomic mass is 10.1. The molecule has 2 N–H and O–H groups in total. The first-order chi connectivity index (χ1) is 9.95. The molecule has 110 valence electrons. The van der Waals surface area contributed by atoms with Gasteiger partial charge in [0, 0.05) is 10.7 Å². The molecule has 0 aliphatic carbocycles. The number of rotatable bonds is 3. The third-order valence-corrected chi connectivity index (χ3v) is 3.58. The summed E-state index contributed by atoms with van der Waals surface area (Å²) in [6, 6.07) is 12.5. The summed E-state index contributed by atoms with van der Waals surface area (Å²) in [5.74, 6) is -0.259. The van der Waals surface area contributed by atoms with Crippen molar-refractivity contribution in [2.75, 3.05) is 5.32 Å². The Hall–Kier alpha value is -1.65. The van der Waals surface area contributed by atoms with Gasteiger partial charge in [-0.1, -0.05) is 29.8 Å². The van der Waals surface area contributed by atoms with Crippen LogP contribution < -0.4 is 10.6 Å². The molecule has 0 aliphatic heterocycles. The second-order valence-electron chi connectivity index (χ2n) is 4.84. The molecule has 0 fully saturated rings. The second kappa shape index (κ2) is 6.87. The van der Waals surface area contributed by atoms with Gasteiger partial charge >= 0.3 is 0 Å². The lowest BCUT2D eigenvalue weighted by Gasteiger charge is -2.17. The van der Waals surface area contributed by atoms with Gasteiger partial charge in [0.2, 0.25) is 0 Å². The monoisotopic (exact) mass is 322 g/mol. The maximum absolute atomic E-state index is 13.5. The van der Waals surface area contributed by atoms with Gasteiger partial charge in [-0.05, 0) is 61.5 Å². The minimum Gasteiger partial charge on any atom is -0.356 e. The second-order valence-corrected chi connectivity index (χ2v) is 5.68. The van der Waals surface area contributed by atoms with Gasteiger partial charge in [-0.25, -0.2) is 4.39 Å². The predicted octanol–water partition coefficient (Wildman–Crippen LogP) is 4.84. The first kappa shape index (κ1) is 15.7. The van der Waals surface area contributed by atoms with Gasteiger partial charge in [-0.2, -0.15) is 0 Å². The zero-order valence-corrected chi connectivity index (χ0v) is 13.4. The Morgan fingerprint density at radius 2 is 2.00 bits per heavy atom. The summed E-state index contributed by atoms with van der Waals surface area (Å²) in [5, 5.41) is 7.23. The molecule has 2 aromatic rings. The van der Waals surface area contributed by atoms with Gasteiger partial charge < -0.3 is 10.6 Å². The summed E-state index contributed by atoms with van der Waals surface area (Å²) in [6.45, 7) is 3.70. The van der Waals surface area contributed by atoms with Crippen LogP contribution in [0.3, 0.4) is 0 Å². The number of hydrogen-bond donors (Lipinski definition) is 2. The Balaban J connectivity index is 1.99. The highest BCUT2D eigenvalue weighted by molar-refractivity contribution is 7.80. The molecule has 1 atom stereocenters. The van der Waals surface area contributed by atoms with Crippen LogP contribution in [0.5, 0.6) is 0 Å². The third-order valence-electron chi connectivity index (χ3n) is 3.13. The Labute approximate surface area is 134 Å². The predicted molar refractivity (Wildman–Crippen MR) is 90.4 cm³/mol. The Morgan fingerprint density at radius 1 is 1.24 bits per heavy atom. The molecule has 2 nitrogen and oxygen atoms in total. The molecule has 0 spiro atoms. The van der Waals surface area contributed by atoms with Crippen molar-refractivity contribution >= 4 is 34.6 Å². The van der Waals surface area contributed by atoms with E-state index < -0.39 is 0 Å². The number of anilines is 1. The Bertz CT molecular complexity index is 660. The lowest BCUT2D eigenvalue weighted by Crippen LogP contribution is -2.30. The van der Waals surface area contributed by atoms with Crippen LogP contribution in [0.15, 0.2) is 42.5 Å². The van der Waals surface area contributed by atoms with E-state index in [2.05, 4.69) is 10.6 Å². The maximum atomic E-state index is 13.5. The molecular formula is C16H16ClFN2S. The smallest absolute Gasteiger partial charge is 0.171 e. The molecule has 0 radical (unpaired) electrons. The van der Waals surface area contributed by atoms with Crippen molar-refractivity contribution in [2.45, 2.75) is 19.9 Å². The van der Waals surface area contributed by atoms with Crippen LogP contribution >= 0.6 is 23.8 Å². The summed E-state index contributed by atoms with van der Waals surface area (Å²) >= 11 is 11.2. The third kappa shape index (κ3) is 4.41. The van der Waals surface area contributed by atoms with Crippen LogP contribution in [0, 0.1) is 12.7 Å². The molecule has 21 heavy (non-hydrogen) atoms. The standard InChI is InChI=1S/C16H16ClFN2S/c1-10-6-7-14(9-15(10)18)20-16(21)19-11(2)12-4-3-5-13(17)8-12/h3-9,11H,1-2H3,(H2,19,20,21)/t11-/m1/s1. The number of benzene rings is 2. The zero-order chi connectivity index (χ0) is 15.4. The quantitative estimate of drug-likeness (QED) is 0.791. The molecule has 2 aromatic carbocycles. The van der Waals surface area contributed by atoms with Gasteiger partial charge in [0.25, 0.3) is 0 Å². The molecule has 0 aromatic heterocycles. The molecule has 0 saturated carbocycles. The van der Waals surface area contributed by atoms with Gasteiger partial charge in [0.1, 0.15) is 5.82 Å². The summed E-state index contributed by atoms with van der Waals surface area (Å²) in [7, 11) is 0. The summed E-state index contributed by atoms with van der Waals surface area (Å²) in [4.78, 5) is 0. The van der Waals surface area contributed by atoms with E-state index in [0.29, 0.717) is 21.4 Å². The first-order valence-corrected chi connectivity index (χ1v) is 7.33. The fraction of sp³-hybridized carbons (Fsp3) is 0.188. The summed E-state index contributed by atoms with van der Waals surface area (Å²) in [6.07, 6.45) is 0. The molecule has 0 aliphatic rings. The van der Waals surface area contributed by atoms with Crippen molar-refractivity contribution in [1.29, 1.82) is 0 Å². The van der Waals surface area contributed by atoms with E-state index in [1.165, 1.54) is 6.07 Å². The van der Waals surface area contributed by atoms with Crippen molar-refractivity contribution in [1.82, 2.24) is 5.32 Å². The van der Waals surface area contributed by atoms with Crippen molar-refractivity contribution in [3.8, 4) is 0 Å². The summed E-state index contributed by atoms with van der Waals surface area (Å²) < 4.78 is 13.5. The van der Waals surface area contributed by atoms with Crippen molar-refractivity contribution in [2.24, 2.45) is 0 Å². The Kier molecular flexibility index (Phi) is 5.15. The highest BCUT2D eigenvalue weighted by atomic mass is 35.5. The largest absolute Gasteiger partial charge is 0.356 e. The van der Waals surface area contributed by atoms with Crippen LogP contribution in [0.25, 0.3) is 0 Å². The number of hydrogen-bond acceptors (Lipinski definition) is 1. The fourth-order valence-electron chi connectivity index (χ4n) is 1.89. The number of halogens is 2. The van der Waals surface area contributed by atoms with Crippen LogP contribution in [-0.2, 0) is 0 Å². The minimum atomic E-state index is -0.259. The average Bonchev–Trinajstić information content (AvgIpc) is 2.43. The molecule has 0 saturated heterocycles. The average molecular weight is 323 g/mol. The van der Waals surface area contributed by atoms with E-state index in [1.807, 2.05) is 31.2 Å². The molecule has 0 bridgehead atoms. The number of nitrogens with one attached hydrogen (secondary N) is 2. The minimum absolute atomic E-state index is 0.000930. The van der Waals surface area contributed by atoms with Crippen LogP contribution in [0.4, 0.5) is 10.1 Å². The fourth-order valence-corrected chi connectivity index (χ4v) is 2.39. The normalized spacial score (nSPS) is 11.8. The summed E-state index contributed by atoms with van der Waals surface area (Å²) in [5.41, 5.74) is 2.25. The van der Waals surface area contributed by atoms with Crippen molar-refractivity contribution in [3.63, 3.8) is 0 Å². The van der Waals surface area contributed by atoms with E-state index in [9.17, 15) is 4.39 Å². The number of aryl methyl sites for hydroxylation is 1. The first-order valence-electron chi connectivity index (χ1n) is 6.55. The molecule has 2 rings (SSSR count). The van der Waals surface area contributed by atoms with Crippen molar-refractivity contribution in [3.05, 3.63) is 64.4 Å². The molecular weight excluding hydrogens is 307 g/mol. The van der Waals surface area contributed by atoms with Gasteiger partial charge in [0.05, 0.1) is 6.04 Å². The molecule has 0 amide bonds. The highest BCUT2D eigenvalue weighted by Crippen LogP contribution is 2.18. The van der Waals surface area contributed by atoms with Crippen molar-refractivity contribution < 1.29 is 4.39 Å². The van der Waals surface area contributed by atoms with Gasteiger partial charge in [0.15, 0.2) is 5.11 Å². The maximum Gasteiger partial charge on any atom is 0.171 e. The molecule has 5 heteroatoms. The molecule has 0 unspecified atom stereocenters. The molecule has 0 heterocycles. The van der Waals surface area contributed by atoms with Gasteiger partial charge in [-0.15, -0.1) is 0 Å². The van der Waals surface area contributed by atoms with E-state index in [4.69, 9.17) is 23.8 Å². The number of thiocarbonyl (C=S) groups is 1. The lowest BCUT2D eigenvalue weighted by molar-refractivity contribution is 0.619.